The largest absolute Gasteiger partial charge is 0.468 e. The summed E-state index contributed by atoms with van der Waals surface area (Å²) in [5.41, 5.74) is -1.30. The fourth-order valence-corrected chi connectivity index (χ4v) is 4.71. The van der Waals surface area contributed by atoms with E-state index in [4.69, 9.17) is 10.5 Å². The van der Waals surface area contributed by atoms with Crippen LogP contribution in [0.5, 0.6) is 5.88 Å². The molecule has 2 aromatic heterocycles. The molecule has 222 valence electrons. The van der Waals surface area contributed by atoms with E-state index in [9.17, 15) is 31.1 Å². The summed E-state index contributed by atoms with van der Waals surface area (Å²) in [6.07, 6.45) is -8.18. The minimum Gasteiger partial charge on any atom is -0.468 e. The number of aldehydes is 1. The summed E-state index contributed by atoms with van der Waals surface area (Å²) >= 11 is 0. The van der Waals surface area contributed by atoms with Crippen LogP contribution in [-0.4, -0.2) is 45.7 Å². The standard InChI is InChI=1S/C26H27F7N6O2/c1-12-18(26(31,32)33)14(8-16(34)19(12)27)22-20(28)21(35-10-13-4-7-39(3)38-13)15(11-40)24(37-22)41-17(23(29)30)9-25(2)5-6-36-25/h4,7-8,11,17,23,36H,5-6,9-10,34H2,1-3H3,(H,35,37). The number of aryl methyl sites for hydroxylation is 1. The van der Waals surface area contributed by atoms with Gasteiger partial charge in [0.15, 0.2) is 18.2 Å². The lowest BCUT2D eigenvalue weighted by molar-refractivity contribution is -0.137. The number of hydrogen-bond donors (Lipinski definition) is 3. The number of aromatic nitrogens is 3. The molecule has 2 unspecified atom stereocenters. The first-order chi connectivity index (χ1) is 19.1. The Morgan fingerprint density at radius 1 is 1.29 bits per heavy atom. The SMILES string of the molecule is Cc1c(F)c(N)cc(-c2nc(OC(CC3(C)CCN3)C(F)F)c(C=O)c(NCc3ccn(C)n3)c2F)c1C(F)(F)F. The second-order valence-electron chi connectivity index (χ2n) is 10.1. The number of rotatable bonds is 10. The van der Waals surface area contributed by atoms with Crippen molar-refractivity contribution in [3.05, 3.63) is 52.3 Å². The van der Waals surface area contributed by atoms with E-state index in [1.807, 2.05) is 0 Å². The molecule has 4 N–H and O–H groups in total. The molecule has 1 fully saturated rings. The molecule has 0 spiro atoms. The van der Waals surface area contributed by atoms with Gasteiger partial charge < -0.3 is 21.1 Å². The second kappa shape index (κ2) is 11.2. The van der Waals surface area contributed by atoms with E-state index in [2.05, 4.69) is 20.7 Å². The molecule has 1 aliphatic rings. The minimum absolute atomic E-state index is 0.0940. The normalized spacial score (nSPS) is 17.8. The molecule has 0 bridgehead atoms. The number of nitrogens with one attached hydrogen (secondary N) is 2. The first-order valence-corrected chi connectivity index (χ1v) is 12.4. The lowest BCUT2D eigenvalue weighted by Gasteiger charge is -2.42. The Labute approximate surface area is 230 Å². The average molecular weight is 589 g/mol. The van der Waals surface area contributed by atoms with E-state index in [1.165, 1.54) is 4.68 Å². The van der Waals surface area contributed by atoms with Gasteiger partial charge in [0, 0.05) is 30.8 Å². The van der Waals surface area contributed by atoms with Crippen LogP contribution in [-0.2, 0) is 19.8 Å². The third kappa shape index (κ3) is 6.09. The van der Waals surface area contributed by atoms with Gasteiger partial charge in [-0.25, -0.2) is 22.5 Å². The van der Waals surface area contributed by atoms with Gasteiger partial charge in [-0.2, -0.15) is 18.3 Å². The van der Waals surface area contributed by atoms with E-state index < -0.39 is 81.1 Å². The number of pyridine rings is 1. The number of nitrogens with two attached hydrogens (primary N) is 1. The number of nitrogens with zero attached hydrogens (tertiary/aromatic N) is 3. The summed E-state index contributed by atoms with van der Waals surface area (Å²) in [5, 5.41) is 9.70. The fourth-order valence-electron chi connectivity index (χ4n) is 4.71. The number of halogens is 7. The smallest absolute Gasteiger partial charge is 0.417 e. The first kappa shape index (κ1) is 30.1. The number of ether oxygens (including phenoxy) is 1. The third-order valence-corrected chi connectivity index (χ3v) is 6.96. The van der Waals surface area contributed by atoms with E-state index in [0.29, 0.717) is 24.7 Å². The lowest BCUT2D eigenvalue weighted by Crippen LogP contribution is -2.57. The molecule has 1 saturated heterocycles. The minimum atomic E-state index is -5.19. The highest BCUT2D eigenvalue weighted by Gasteiger charge is 2.41. The van der Waals surface area contributed by atoms with Gasteiger partial charge in [0.1, 0.15) is 17.1 Å². The molecule has 2 atom stereocenters. The van der Waals surface area contributed by atoms with Gasteiger partial charge in [-0.3, -0.25) is 9.48 Å². The molecule has 8 nitrogen and oxygen atoms in total. The molecule has 15 heteroatoms. The van der Waals surface area contributed by atoms with Gasteiger partial charge in [0.25, 0.3) is 6.43 Å². The van der Waals surface area contributed by atoms with Gasteiger partial charge in [-0.15, -0.1) is 0 Å². The number of hydrogen-bond acceptors (Lipinski definition) is 7. The molecule has 4 rings (SSSR count). The molecular formula is C26H27F7N6O2. The van der Waals surface area contributed by atoms with Gasteiger partial charge in [0.05, 0.1) is 29.2 Å². The van der Waals surface area contributed by atoms with Crippen LogP contribution in [0.2, 0.25) is 0 Å². The van der Waals surface area contributed by atoms with Crippen LogP contribution in [0, 0.1) is 18.6 Å². The van der Waals surface area contributed by atoms with Gasteiger partial charge in [-0.05, 0) is 44.5 Å². The molecular weight excluding hydrogens is 561 g/mol. The van der Waals surface area contributed by atoms with Crippen molar-refractivity contribution in [1.82, 2.24) is 20.1 Å². The van der Waals surface area contributed by atoms with Crippen molar-refractivity contribution >= 4 is 17.7 Å². The Hall–Kier alpha value is -3.88. The molecule has 41 heavy (non-hydrogen) atoms. The van der Waals surface area contributed by atoms with E-state index >= 15 is 4.39 Å². The number of nitrogen functional groups attached to an aromatic ring is 1. The predicted molar refractivity (Wildman–Crippen MR) is 136 cm³/mol. The van der Waals surface area contributed by atoms with Gasteiger partial charge in [0.2, 0.25) is 5.88 Å². The van der Waals surface area contributed by atoms with Gasteiger partial charge >= 0.3 is 6.18 Å². The van der Waals surface area contributed by atoms with Crippen LogP contribution >= 0.6 is 0 Å². The first-order valence-electron chi connectivity index (χ1n) is 12.4. The number of benzene rings is 1. The van der Waals surface area contributed by atoms with Crippen molar-refractivity contribution in [3.63, 3.8) is 0 Å². The predicted octanol–water partition coefficient (Wildman–Crippen LogP) is 5.25. The zero-order chi connectivity index (χ0) is 30.3. The monoisotopic (exact) mass is 588 g/mol. The van der Waals surface area contributed by atoms with Crippen molar-refractivity contribution < 1.29 is 40.3 Å². The van der Waals surface area contributed by atoms with Crippen LogP contribution in [0.3, 0.4) is 0 Å². The van der Waals surface area contributed by atoms with E-state index in [-0.39, 0.29) is 19.3 Å². The molecule has 3 heterocycles. The molecule has 1 aliphatic heterocycles. The molecule has 0 saturated carbocycles. The zero-order valence-corrected chi connectivity index (χ0v) is 22.2. The van der Waals surface area contributed by atoms with E-state index in [1.54, 1.807) is 26.2 Å². The fraction of sp³-hybridized carbons (Fsp3) is 0.423. The Morgan fingerprint density at radius 3 is 2.49 bits per heavy atom. The molecule has 0 aliphatic carbocycles. The number of carbonyl (C=O) groups is 1. The van der Waals surface area contributed by atoms with Crippen LogP contribution in [0.15, 0.2) is 18.3 Å². The number of alkyl halides is 5. The maximum Gasteiger partial charge on any atom is 0.417 e. The number of carbonyl (C=O) groups excluding carboxylic acids is 1. The second-order valence-corrected chi connectivity index (χ2v) is 10.1. The average Bonchev–Trinajstić information content (AvgIpc) is 3.29. The molecule has 1 aromatic carbocycles. The Morgan fingerprint density at radius 2 is 1.98 bits per heavy atom. The number of anilines is 2. The zero-order valence-electron chi connectivity index (χ0n) is 22.2. The highest BCUT2D eigenvalue weighted by atomic mass is 19.4. The van der Waals surface area contributed by atoms with Crippen LogP contribution < -0.4 is 21.1 Å². The Kier molecular flexibility index (Phi) is 8.21. The highest BCUT2D eigenvalue weighted by Crippen LogP contribution is 2.44. The summed E-state index contributed by atoms with van der Waals surface area (Å²) in [6, 6.07) is 2.10. The summed E-state index contributed by atoms with van der Waals surface area (Å²) in [7, 11) is 1.61. The van der Waals surface area contributed by atoms with Crippen molar-refractivity contribution in [2.75, 3.05) is 17.6 Å². The topological polar surface area (TPSA) is 107 Å². The summed E-state index contributed by atoms with van der Waals surface area (Å²) < 4.78 is 108. The highest BCUT2D eigenvalue weighted by molar-refractivity contribution is 5.90. The maximum absolute atomic E-state index is 16.0. The summed E-state index contributed by atoms with van der Waals surface area (Å²) in [4.78, 5) is 15.9. The molecule has 0 amide bonds. The molecule has 3 aromatic rings. The van der Waals surface area contributed by atoms with Crippen molar-refractivity contribution in [3.8, 4) is 17.1 Å². The summed E-state index contributed by atoms with van der Waals surface area (Å²) in [5.74, 6) is -3.63. The van der Waals surface area contributed by atoms with Crippen LogP contribution in [0.25, 0.3) is 11.3 Å². The third-order valence-electron chi connectivity index (χ3n) is 6.96. The van der Waals surface area contributed by atoms with E-state index in [0.717, 1.165) is 6.92 Å². The lowest BCUT2D eigenvalue weighted by atomic mass is 9.84. The van der Waals surface area contributed by atoms with Gasteiger partial charge in [-0.1, -0.05) is 0 Å². The summed E-state index contributed by atoms with van der Waals surface area (Å²) in [6.45, 7) is 2.86. The van der Waals surface area contributed by atoms with Crippen LogP contribution in [0.1, 0.15) is 46.9 Å². The van der Waals surface area contributed by atoms with Crippen molar-refractivity contribution in [1.29, 1.82) is 0 Å². The Balaban J connectivity index is 1.93. The Bertz CT molecular complexity index is 1450. The van der Waals surface area contributed by atoms with Crippen LogP contribution in [0.4, 0.5) is 42.1 Å². The van der Waals surface area contributed by atoms with Crippen molar-refractivity contribution in [2.24, 2.45) is 7.05 Å². The molecule has 0 radical (unpaired) electrons. The quantitative estimate of drug-likeness (QED) is 0.169. The maximum atomic E-state index is 16.0. The van der Waals surface area contributed by atoms with Crippen molar-refractivity contribution in [2.45, 2.75) is 57.5 Å².